The van der Waals surface area contributed by atoms with E-state index in [4.69, 9.17) is 0 Å². The van der Waals surface area contributed by atoms with Gasteiger partial charge in [0, 0.05) is 24.4 Å². The van der Waals surface area contributed by atoms with Crippen LogP contribution in [0.2, 0.25) is 0 Å². The first-order valence-electron chi connectivity index (χ1n) is 5.46. The molecule has 1 rings (SSSR count). The van der Waals surface area contributed by atoms with E-state index < -0.39 is 0 Å². The summed E-state index contributed by atoms with van der Waals surface area (Å²) in [5, 5.41) is 2.90. The van der Waals surface area contributed by atoms with Crippen LogP contribution in [0.4, 0.5) is 0 Å². The lowest BCUT2D eigenvalue weighted by Crippen LogP contribution is -2.02. The van der Waals surface area contributed by atoms with Gasteiger partial charge in [0.2, 0.25) is 0 Å². The maximum Gasteiger partial charge on any atom is 0.195 e. The van der Waals surface area contributed by atoms with Gasteiger partial charge in [-0.25, -0.2) is 0 Å². The number of rotatable bonds is 3. The first-order chi connectivity index (χ1) is 8.21. The molecule has 0 bridgehead atoms. The van der Waals surface area contributed by atoms with Gasteiger partial charge in [0.1, 0.15) is 0 Å². The van der Waals surface area contributed by atoms with Gasteiger partial charge in [0.05, 0.1) is 0 Å². The molecule has 1 aliphatic rings. The summed E-state index contributed by atoms with van der Waals surface area (Å²) < 4.78 is 0. The molecule has 0 heterocycles. The van der Waals surface area contributed by atoms with Crippen molar-refractivity contribution in [1.82, 2.24) is 5.32 Å². The molecule has 0 saturated heterocycles. The molecule has 0 aromatic carbocycles. The fourth-order valence-corrected chi connectivity index (χ4v) is 1.85. The van der Waals surface area contributed by atoms with E-state index in [2.05, 4.69) is 18.5 Å². The predicted molar refractivity (Wildman–Crippen MR) is 72.5 cm³/mol. The molecule has 0 amide bonds. The van der Waals surface area contributed by atoms with Crippen molar-refractivity contribution < 1.29 is 4.79 Å². The maximum absolute atomic E-state index is 12.2. The van der Waals surface area contributed by atoms with E-state index in [-0.39, 0.29) is 5.78 Å². The minimum absolute atomic E-state index is 0.0306. The molecule has 17 heavy (non-hydrogen) atoms. The number of hydrogen-bond acceptors (Lipinski definition) is 2. The zero-order chi connectivity index (χ0) is 12.8. The van der Waals surface area contributed by atoms with Crippen LogP contribution < -0.4 is 5.32 Å². The summed E-state index contributed by atoms with van der Waals surface area (Å²) in [6.07, 6.45) is 10.6. The van der Waals surface area contributed by atoms with Crippen molar-refractivity contribution in [3.8, 4) is 0 Å². The van der Waals surface area contributed by atoms with Crippen LogP contribution in [0.5, 0.6) is 0 Å². The van der Waals surface area contributed by atoms with Gasteiger partial charge in [-0.05, 0) is 18.1 Å². The van der Waals surface area contributed by atoms with E-state index in [1.807, 2.05) is 25.2 Å². The second-order valence-electron chi connectivity index (χ2n) is 3.51. The molecule has 1 fully saturated rings. The van der Waals surface area contributed by atoms with Crippen LogP contribution in [-0.4, -0.2) is 12.8 Å². The fraction of sp³-hybridized carbons (Fsp3) is 0.133. The first-order valence-corrected chi connectivity index (χ1v) is 5.46. The van der Waals surface area contributed by atoms with Crippen LogP contribution in [0.1, 0.15) is 6.92 Å². The normalized spacial score (nSPS) is 24.9. The molecule has 1 aliphatic carbocycles. The van der Waals surface area contributed by atoms with Crippen molar-refractivity contribution in [1.29, 1.82) is 0 Å². The Kier molecular flexibility index (Phi) is 4.46. The summed E-state index contributed by atoms with van der Waals surface area (Å²) in [6.45, 7) is 9.22. The highest BCUT2D eigenvalue weighted by Crippen LogP contribution is 2.36. The molecule has 2 heteroatoms. The average molecular weight is 227 g/mol. The minimum Gasteiger partial charge on any atom is -0.393 e. The molecule has 88 valence electrons. The lowest BCUT2D eigenvalue weighted by Gasteiger charge is -2.00. The molecule has 0 radical (unpaired) electrons. The number of hydrogen-bond donors (Lipinski definition) is 1. The Morgan fingerprint density at radius 1 is 1.00 bits per heavy atom. The quantitative estimate of drug-likeness (QED) is 0.751. The second-order valence-corrected chi connectivity index (χ2v) is 3.51. The molecule has 0 spiro atoms. The smallest absolute Gasteiger partial charge is 0.195 e. The topological polar surface area (TPSA) is 29.1 Å². The lowest BCUT2D eigenvalue weighted by molar-refractivity contribution is -0.111. The molecule has 0 aromatic heterocycles. The summed E-state index contributed by atoms with van der Waals surface area (Å²) in [7, 11) is 1.77. The Labute approximate surface area is 102 Å². The molecular formula is C15H17NO. The van der Waals surface area contributed by atoms with E-state index >= 15 is 0 Å². The number of Topliss-reactive ketones (excluding diaryl/α,β-unsaturated/α-hetero) is 1. The summed E-state index contributed by atoms with van der Waals surface area (Å²) in [5.74, 6) is 0.0306. The largest absolute Gasteiger partial charge is 0.393 e. The number of allylic oxidation sites excluding steroid dienone is 9. The summed E-state index contributed by atoms with van der Waals surface area (Å²) in [5.41, 5.74) is 3.15. The predicted octanol–water partition coefficient (Wildman–Crippen LogP) is 2.84. The molecular weight excluding hydrogens is 210 g/mol. The number of carbonyl (C=O) groups is 1. The summed E-state index contributed by atoms with van der Waals surface area (Å²) >= 11 is 0. The highest BCUT2D eigenvalue weighted by atomic mass is 16.1. The van der Waals surface area contributed by atoms with E-state index in [9.17, 15) is 4.79 Å². The van der Waals surface area contributed by atoms with Crippen molar-refractivity contribution in [2.75, 3.05) is 7.05 Å². The lowest BCUT2D eigenvalue weighted by atomic mass is 10.0. The average Bonchev–Trinajstić information content (AvgIpc) is 2.55. The van der Waals surface area contributed by atoms with Crippen LogP contribution in [0.25, 0.3) is 0 Å². The Balaban J connectivity index is 3.49. The standard InChI is InChI=1S/C15H17NO/c1-5-8-12-11(7-3)15(17)14(10-16-4)13(12)9-6-2/h5-10,16H,1-2H2,3-4H3/b11-7+,12-8+,13-9-,14-10+. The van der Waals surface area contributed by atoms with Crippen molar-refractivity contribution in [2.24, 2.45) is 0 Å². The molecule has 0 atom stereocenters. The Bertz CT molecular complexity index is 473. The van der Waals surface area contributed by atoms with Crippen molar-refractivity contribution in [2.45, 2.75) is 6.92 Å². The van der Waals surface area contributed by atoms with Crippen LogP contribution >= 0.6 is 0 Å². The van der Waals surface area contributed by atoms with Crippen LogP contribution in [0.15, 0.2) is 72.0 Å². The van der Waals surface area contributed by atoms with Gasteiger partial charge < -0.3 is 5.32 Å². The number of carbonyl (C=O) groups excluding carboxylic acids is 1. The van der Waals surface area contributed by atoms with Crippen LogP contribution in [-0.2, 0) is 4.79 Å². The van der Waals surface area contributed by atoms with Gasteiger partial charge in [-0.2, -0.15) is 0 Å². The first kappa shape index (κ1) is 13.0. The minimum atomic E-state index is 0.0306. The van der Waals surface area contributed by atoms with Crippen molar-refractivity contribution in [3.63, 3.8) is 0 Å². The Morgan fingerprint density at radius 2 is 1.53 bits per heavy atom. The maximum atomic E-state index is 12.2. The molecule has 0 unspecified atom stereocenters. The third kappa shape index (κ3) is 2.36. The van der Waals surface area contributed by atoms with Gasteiger partial charge in [0.25, 0.3) is 0 Å². The molecule has 0 aromatic rings. The Hall–Kier alpha value is -2.09. The number of nitrogens with one attached hydrogen (secondary N) is 1. The van der Waals surface area contributed by atoms with Gasteiger partial charge in [-0.1, -0.05) is 43.5 Å². The molecule has 0 aliphatic heterocycles. The summed E-state index contributed by atoms with van der Waals surface area (Å²) in [4.78, 5) is 12.2. The molecule has 2 nitrogen and oxygen atoms in total. The fourth-order valence-electron chi connectivity index (χ4n) is 1.85. The van der Waals surface area contributed by atoms with E-state index in [0.717, 1.165) is 11.1 Å². The third-order valence-electron chi connectivity index (χ3n) is 2.51. The van der Waals surface area contributed by atoms with Crippen molar-refractivity contribution >= 4 is 5.78 Å². The van der Waals surface area contributed by atoms with E-state index in [0.29, 0.717) is 11.1 Å². The van der Waals surface area contributed by atoms with Gasteiger partial charge in [-0.3, -0.25) is 4.79 Å². The summed E-state index contributed by atoms with van der Waals surface area (Å²) in [6, 6.07) is 0. The van der Waals surface area contributed by atoms with E-state index in [1.54, 1.807) is 25.4 Å². The number of ketones is 1. The van der Waals surface area contributed by atoms with E-state index in [1.165, 1.54) is 0 Å². The van der Waals surface area contributed by atoms with Crippen LogP contribution in [0, 0.1) is 0 Å². The molecule has 1 N–H and O–H groups in total. The molecule has 1 saturated carbocycles. The second kappa shape index (κ2) is 5.85. The zero-order valence-electron chi connectivity index (χ0n) is 10.3. The zero-order valence-corrected chi connectivity index (χ0v) is 10.3. The monoisotopic (exact) mass is 227 g/mol. The Morgan fingerprint density at radius 3 is 1.94 bits per heavy atom. The highest BCUT2D eigenvalue weighted by Gasteiger charge is 2.31. The highest BCUT2D eigenvalue weighted by molar-refractivity contribution is 6.20. The van der Waals surface area contributed by atoms with Crippen LogP contribution in [0.3, 0.4) is 0 Å². The SMILES string of the molecule is C=C/C=C1/C(=C/C=C)/C(=C\NC)C(=O)/C1=C/C. The van der Waals surface area contributed by atoms with Gasteiger partial charge in [-0.15, -0.1) is 0 Å². The third-order valence-corrected chi connectivity index (χ3v) is 2.51. The van der Waals surface area contributed by atoms with Gasteiger partial charge in [0.15, 0.2) is 5.78 Å². The van der Waals surface area contributed by atoms with Gasteiger partial charge >= 0.3 is 0 Å². The van der Waals surface area contributed by atoms with Crippen molar-refractivity contribution in [3.05, 3.63) is 72.0 Å².